The van der Waals surface area contributed by atoms with Crippen LogP contribution in [0.4, 0.5) is 0 Å². The lowest BCUT2D eigenvalue weighted by molar-refractivity contribution is 0.0926. The highest BCUT2D eigenvalue weighted by Crippen LogP contribution is 2.12. The molecule has 92 valence electrons. The molecular formula is C13H12N2O3. The Morgan fingerprint density at radius 1 is 1.33 bits per heavy atom. The Bertz CT molecular complexity index is 587. The first-order chi connectivity index (χ1) is 8.66. The van der Waals surface area contributed by atoms with Crippen LogP contribution in [0.5, 0.6) is 5.75 Å². The smallest absolute Gasteiger partial charge is 0.307 e. The van der Waals surface area contributed by atoms with E-state index in [1.807, 2.05) is 0 Å². The van der Waals surface area contributed by atoms with E-state index in [0.717, 1.165) is 0 Å². The van der Waals surface area contributed by atoms with Crippen LogP contribution in [0.2, 0.25) is 0 Å². The number of carbonyl (C=O) groups excluding carboxylic acids is 1. The summed E-state index contributed by atoms with van der Waals surface area (Å²) in [5.41, 5.74) is 2.84. The number of phenolic OH excluding ortho intramolecular Hbond substituents is 1. The van der Waals surface area contributed by atoms with Crippen molar-refractivity contribution in [2.75, 3.05) is 0 Å². The van der Waals surface area contributed by atoms with Crippen LogP contribution in [0.15, 0.2) is 45.9 Å². The molecule has 0 unspecified atom stereocenters. The molecule has 0 bridgehead atoms. The van der Waals surface area contributed by atoms with E-state index in [1.165, 1.54) is 6.21 Å². The summed E-state index contributed by atoms with van der Waals surface area (Å²) in [7, 11) is 0. The monoisotopic (exact) mass is 244 g/mol. The van der Waals surface area contributed by atoms with E-state index in [0.29, 0.717) is 11.3 Å². The average molecular weight is 244 g/mol. The molecule has 0 fully saturated rings. The van der Waals surface area contributed by atoms with Gasteiger partial charge >= 0.3 is 5.91 Å². The fourth-order valence-corrected chi connectivity index (χ4v) is 1.37. The number of aromatic hydroxyl groups is 1. The molecule has 5 nitrogen and oxygen atoms in total. The molecule has 2 rings (SSSR count). The summed E-state index contributed by atoms with van der Waals surface area (Å²) in [5, 5.41) is 13.2. The normalized spacial score (nSPS) is 10.7. The Morgan fingerprint density at radius 2 is 2.11 bits per heavy atom. The van der Waals surface area contributed by atoms with Gasteiger partial charge in [0.1, 0.15) is 11.5 Å². The molecule has 1 heterocycles. The van der Waals surface area contributed by atoms with Gasteiger partial charge in [0.05, 0.1) is 6.21 Å². The van der Waals surface area contributed by atoms with Gasteiger partial charge in [-0.3, -0.25) is 4.79 Å². The van der Waals surface area contributed by atoms with Crippen LogP contribution >= 0.6 is 0 Å². The summed E-state index contributed by atoms with van der Waals surface area (Å²) in [6.45, 7) is 1.75. The fraction of sp³-hybridized carbons (Fsp3) is 0.0769. The molecule has 2 aromatic rings. The second-order valence-electron chi connectivity index (χ2n) is 3.67. The van der Waals surface area contributed by atoms with Gasteiger partial charge in [-0.2, -0.15) is 5.10 Å². The Balaban J connectivity index is 2.00. The highest BCUT2D eigenvalue weighted by atomic mass is 16.3. The Kier molecular flexibility index (Phi) is 3.43. The molecule has 0 atom stereocenters. The Hall–Kier alpha value is -2.56. The minimum atomic E-state index is -0.435. The fourth-order valence-electron chi connectivity index (χ4n) is 1.37. The van der Waals surface area contributed by atoms with Crippen molar-refractivity contribution in [3.63, 3.8) is 0 Å². The first-order valence-corrected chi connectivity index (χ1v) is 5.34. The molecule has 1 amide bonds. The average Bonchev–Trinajstić information content (AvgIpc) is 2.78. The van der Waals surface area contributed by atoms with Crippen LogP contribution in [0.25, 0.3) is 0 Å². The van der Waals surface area contributed by atoms with Crippen molar-refractivity contribution < 1.29 is 14.3 Å². The highest BCUT2D eigenvalue weighted by Gasteiger charge is 2.08. The zero-order valence-electron chi connectivity index (χ0n) is 9.75. The first-order valence-electron chi connectivity index (χ1n) is 5.34. The van der Waals surface area contributed by atoms with Gasteiger partial charge in [0.15, 0.2) is 5.76 Å². The molecular weight excluding hydrogens is 232 g/mol. The summed E-state index contributed by atoms with van der Waals surface area (Å²) in [5.74, 6) is 0.519. The first kappa shape index (κ1) is 11.9. The SMILES string of the molecule is Cc1ccc(C(=O)N/N=C\c2ccccc2O)o1. The van der Waals surface area contributed by atoms with Crippen LogP contribution in [0, 0.1) is 6.92 Å². The van der Waals surface area contributed by atoms with E-state index in [-0.39, 0.29) is 11.5 Å². The Morgan fingerprint density at radius 3 is 2.78 bits per heavy atom. The minimum absolute atomic E-state index is 0.101. The molecule has 1 aromatic carbocycles. The van der Waals surface area contributed by atoms with Crippen molar-refractivity contribution in [2.45, 2.75) is 6.92 Å². The molecule has 1 aromatic heterocycles. The van der Waals surface area contributed by atoms with Crippen molar-refractivity contribution in [3.8, 4) is 5.75 Å². The second-order valence-corrected chi connectivity index (χ2v) is 3.67. The summed E-state index contributed by atoms with van der Waals surface area (Å²) in [4.78, 5) is 11.6. The van der Waals surface area contributed by atoms with E-state index in [4.69, 9.17) is 4.42 Å². The van der Waals surface area contributed by atoms with E-state index in [9.17, 15) is 9.90 Å². The third-order valence-electron chi connectivity index (χ3n) is 2.27. The number of nitrogens with zero attached hydrogens (tertiary/aromatic N) is 1. The van der Waals surface area contributed by atoms with Gasteiger partial charge in [-0.15, -0.1) is 0 Å². The topological polar surface area (TPSA) is 74.8 Å². The maximum absolute atomic E-state index is 11.6. The third kappa shape index (κ3) is 2.76. The van der Waals surface area contributed by atoms with Gasteiger partial charge in [0.25, 0.3) is 0 Å². The standard InChI is InChI=1S/C13H12N2O3/c1-9-6-7-12(18-9)13(17)15-14-8-10-4-2-3-5-11(10)16/h2-8,16H,1H3,(H,15,17)/b14-8-. The van der Waals surface area contributed by atoms with E-state index < -0.39 is 5.91 Å². The number of hydrogen-bond donors (Lipinski definition) is 2. The minimum Gasteiger partial charge on any atom is -0.507 e. The van der Waals surface area contributed by atoms with Gasteiger partial charge in [-0.1, -0.05) is 12.1 Å². The molecule has 0 saturated carbocycles. The lowest BCUT2D eigenvalue weighted by Gasteiger charge is -1.97. The van der Waals surface area contributed by atoms with Gasteiger partial charge in [-0.05, 0) is 31.2 Å². The molecule has 18 heavy (non-hydrogen) atoms. The van der Waals surface area contributed by atoms with E-state index in [1.54, 1.807) is 43.3 Å². The molecule has 0 aliphatic rings. The van der Waals surface area contributed by atoms with Gasteiger partial charge in [0.2, 0.25) is 0 Å². The number of rotatable bonds is 3. The summed E-state index contributed by atoms with van der Waals surface area (Å²) in [6, 6.07) is 9.96. The molecule has 0 saturated heterocycles. The number of benzene rings is 1. The number of hydrogen-bond acceptors (Lipinski definition) is 4. The van der Waals surface area contributed by atoms with Crippen molar-refractivity contribution >= 4 is 12.1 Å². The van der Waals surface area contributed by atoms with Crippen LogP contribution < -0.4 is 5.43 Å². The number of hydrazone groups is 1. The maximum Gasteiger partial charge on any atom is 0.307 e. The third-order valence-corrected chi connectivity index (χ3v) is 2.27. The lowest BCUT2D eigenvalue weighted by Crippen LogP contribution is -2.16. The number of nitrogens with one attached hydrogen (secondary N) is 1. The summed E-state index contributed by atoms with van der Waals surface area (Å²) < 4.78 is 5.14. The van der Waals surface area contributed by atoms with Crippen molar-refractivity contribution in [1.82, 2.24) is 5.43 Å². The van der Waals surface area contributed by atoms with Gasteiger partial charge < -0.3 is 9.52 Å². The van der Waals surface area contributed by atoms with Crippen molar-refractivity contribution in [3.05, 3.63) is 53.5 Å². The van der Waals surface area contributed by atoms with Crippen LogP contribution in [0.3, 0.4) is 0 Å². The molecule has 0 aliphatic heterocycles. The van der Waals surface area contributed by atoms with E-state index >= 15 is 0 Å². The zero-order chi connectivity index (χ0) is 13.0. The number of amides is 1. The molecule has 5 heteroatoms. The molecule has 0 spiro atoms. The van der Waals surface area contributed by atoms with Crippen molar-refractivity contribution in [2.24, 2.45) is 5.10 Å². The summed E-state index contributed by atoms with van der Waals surface area (Å²) >= 11 is 0. The predicted octanol–water partition coefficient (Wildman–Crippen LogP) is 2.06. The number of furan rings is 1. The number of carbonyl (C=O) groups is 1. The van der Waals surface area contributed by atoms with Crippen LogP contribution in [-0.2, 0) is 0 Å². The van der Waals surface area contributed by atoms with Crippen LogP contribution in [0.1, 0.15) is 21.9 Å². The van der Waals surface area contributed by atoms with Crippen molar-refractivity contribution in [1.29, 1.82) is 0 Å². The van der Waals surface area contributed by atoms with E-state index in [2.05, 4.69) is 10.5 Å². The zero-order valence-corrected chi connectivity index (χ0v) is 9.75. The number of aryl methyl sites for hydroxylation is 1. The molecule has 0 radical (unpaired) electrons. The molecule has 0 aliphatic carbocycles. The summed E-state index contributed by atoms with van der Waals surface area (Å²) in [6.07, 6.45) is 1.36. The predicted molar refractivity (Wildman–Crippen MR) is 66.6 cm³/mol. The lowest BCUT2D eigenvalue weighted by atomic mass is 10.2. The maximum atomic E-state index is 11.6. The van der Waals surface area contributed by atoms with Gasteiger partial charge in [0, 0.05) is 5.56 Å². The number of para-hydroxylation sites is 1. The Labute approximate surface area is 104 Å². The largest absolute Gasteiger partial charge is 0.507 e. The highest BCUT2D eigenvalue weighted by molar-refractivity contribution is 5.92. The van der Waals surface area contributed by atoms with Gasteiger partial charge in [-0.25, -0.2) is 5.43 Å². The number of phenols is 1. The quantitative estimate of drug-likeness (QED) is 0.641. The van der Waals surface area contributed by atoms with Crippen LogP contribution in [-0.4, -0.2) is 17.2 Å². The molecule has 2 N–H and O–H groups in total. The second kappa shape index (κ2) is 5.18.